The highest BCUT2D eigenvalue weighted by atomic mass is 32.2. The number of rotatable bonds is 8. The van der Waals surface area contributed by atoms with Crippen molar-refractivity contribution in [2.75, 3.05) is 6.54 Å². The van der Waals surface area contributed by atoms with Gasteiger partial charge in [-0.25, -0.2) is 0 Å². The molecule has 3 rings (SSSR count). The average Bonchev–Trinajstić information content (AvgIpc) is 3.17. The van der Waals surface area contributed by atoms with Crippen LogP contribution in [0, 0.1) is 6.92 Å². The molecule has 146 valence electrons. The summed E-state index contributed by atoms with van der Waals surface area (Å²) in [4.78, 5) is 12.5. The Balaban J connectivity index is 1.56. The lowest BCUT2D eigenvalue weighted by Gasteiger charge is -2.17. The second-order valence-electron chi connectivity index (χ2n) is 6.76. The SMILES string of the molecule is CC[C@@H](CNC(=O)[C@H](C)Sc1nnc(-c2cccc(C)c2)o1)c1ccccc1. The van der Waals surface area contributed by atoms with Gasteiger partial charge in [0, 0.05) is 18.0 Å². The van der Waals surface area contributed by atoms with E-state index in [-0.39, 0.29) is 11.2 Å². The summed E-state index contributed by atoms with van der Waals surface area (Å²) in [6.45, 7) is 6.61. The molecule has 6 heteroatoms. The fourth-order valence-corrected chi connectivity index (χ4v) is 3.66. The van der Waals surface area contributed by atoms with Gasteiger partial charge in [-0.3, -0.25) is 4.79 Å². The smallest absolute Gasteiger partial charge is 0.277 e. The first-order valence-electron chi connectivity index (χ1n) is 9.46. The molecule has 0 radical (unpaired) electrons. The van der Waals surface area contributed by atoms with Crippen LogP contribution in [-0.2, 0) is 4.79 Å². The molecule has 2 atom stereocenters. The molecular formula is C22H25N3O2S. The third-order valence-corrected chi connectivity index (χ3v) is 5.54. The molecule has 0 bridgehead atoms. The highest BCUT2D eigenvalue weighted by molar-refractivity contribution is 8.00. The van der Waals surface area contributed by atoms with E-state index in [0.29, 0.717) is 23.6 Å². The Hall–Kier alpha value is -2.60. The number of benzene rings is 2. The summed E-state index contributed by atoms with van der Waals surface area (Å²) < 4.78 is 5.72. The maximum Gasteiger partial charge on any atom is 0.277 e. The predicted octanol–water partition coefficient (Wildman–Crippen LogP) is 4.84. The molecule has 0 aliphatic carbocycles. The molecule has 0 aliphatic rings. The van der Waals surface area contributed by atoms with Crippen molar-refractivity contribution in [2.45, 2.75) is 43.6 Å². The molecule has 0 saturated carbocycles. The highest BCUT2D eigenvalue weighted by Gasteiger charge is 2.20. The molecule has 2 aromatic carbocycles. The fourth-order valence-electron chi connectivity index (χ4n) is 2.95. The number of carbonyl (C=O) groups is 1. The van der Waals surface area contributed by atoms with Crippen LogP contribution in [0.3, 0.4) is 0 Å². The summed E-state index contributed by atoms with van der Waals surface area (Å²) in [6.07, 6.45) is 0.968. The zero-order valence-corrected chi connectivity index (χ0v) is 17.2. The zero-order chi connectivity index (χ0) is 19.9. The molecule has 1 amide bonds. The Morgan fingerprint density at radius 3 is 2.64 bits per heavy atom. The van der Waals surface area contributed by atoms with E-state index >= 15 is 0 Å². The maximum atomic E-state index is 12.5. The van der Waals surface area contributed by atoms with Crippen molar-refractivity contribution < 1.29 is 9.21 Å². The number of thioether (sulfide) groups is 1. The Morgan fingerprint density at radius 1 is 1.14 bits per heavy atom. The summed E-state index contributed by atoms with van der Waals surface area (Å²) in [6, 6.07) is 18.2. The first-order valence-corrected chi connectivity index (χ1v) is 10.3. The number of aromatic nitrogens is 2. The van der Waals surface area contributed by atoms with Crippen molar-refractivity contribution >= 4 is 17.7 Å². The minimum atomic E-state index is -0.320. The Kier molecular flexibility index (Phi) is 6.87. The number of amides is 1. The minimum Gasteiger partial charge on any atom is -0.411 e. The Labute approximate surface area is 170 Å². The quantitative estimate of drug-likeness (QED) is 0.553. The van der Waals surface area contributed by atoms with Crippen LogP contribution in [0.1, 0.15) is 37.3 Å². The van der Waals surface area contributed by atoms with Crippen LogP contribution in [0.25, 0.3) is 11.5 Å². The number of hydrogen-bond acceptors (Lipinski definition) is 5. The van der Waals surface area contributed by atoms with E-state index in [1.165, 1.54) is 17.3 Å². The van der Waals surface area contributed by atoms with E-state index in [0.717, 1.165) is 17.5 Å². The number of aryl methyl sites for hydroxylation is 1. The van der Waals surface area contributed by atoms with Crippen molar-refractivity contribution in [1.82, 2.24) is 15.5 Å². The molecule has 1 heterocycles. The molecule has 0 fully saturated rings. The first kappa shape index (κ1) is 20.1. The van der Waals surface area contributed by atoms with Gasteiger partial charge < -0.3 is 9.73 Å². The number of nitrogens with one attached hydrogen (secondary N) is 1. The monoisotopic (exact) mass is 395 g/mol. The predicted molar refractivity (Wildman–Crippen MR) is 112 cm³/mol. The molecule has 1 aromatic heterocycles. The molecule has 5 nitrogen and oxygen atoms in total. The van der Waals surface area contributed by atoms with E-state index in [1.807, 2.05) is 56.3 Å². The van der Waals surface area contributed by atoms with Crippen LogP contribution in [-0.4, -0.2) is 27.9 Å². The van der Waals surface area contributed by atoms with Crippen LogP contribution in [0.15, 0.2) is 64.2 Å². The van der Waals surface area contributed by atoms with Gasteiger partial charge in [0.05, 0.1) is 5.25 Å². The van der Waals surface area contributed by atoms with Crippen molar-refractivity contribution in [3.05, 3.63) is 65.7 Å². The largest absolute Gasteiger partial charge is 0.411 e. The lowest BCUT2D eigenvalue weighted by molar-refractivity contribution is -0.120. The number of nitrogens with zero attached hydrogens (tertiary/aromatic N) is 2. The van der Waals surface area contributed by atoms with Crippen LogP contribution in [0.2, 0.25) is 0 Å². The van der Waals surface area contributed by atoms with E-state index in [2.05, 4.69) is 34.6 Å². The topological polar surface area (TPSA) is 68.0 Å². The summed E-state index contributed by atoms with van der Waals surface area (Å²) >= 11 is 1.27. The summed E-state index contributed by atoms with van der Waals surface area (Å²) in [5, 5.41) is 11.3. The Morgan fingerprint density at radius 2 is 1.93 bits per heavy atom. The highest BCUT2D eigenvalue weighted by Crippen LogP contribution is 2.27. The van der Waals surface area contributed by atoms with Gasteiger partial charge in [0.1, 0.15) is 0 Å². The third kappa shape index (κ3) is 5.23. The van der Waals surface area contributed by atoms with Crippen molar-refractivity contribution in [3.8, 4) is 11.5 Å². The lowest BCUT2D eigenvalue weighted by Crippen LogP contribution is -2.34. The molecule has 0 aliphatic heterocycles. The second-order valence-corrected chi connectivity index (χ2v) is 8.06. The van der Waals surface area contributed by atoms with Gasteiger partial charge in [-0.15, -0.1) is 10.2 Å². The maximum absolute atomic E-state index is 12.5. The summed E-state index contributed by atoms with van der Waals surface area (Å²) in [5.41, 5.74) is 3.25. The van der Waals surface area contributed by atoms with Gasteiger partial charge in [0.15, 0.2) is 0 Å². The molecule has 0 saturated heterocycles. The third-order valence-electron chi connectivity index (χ3n) is 4.60. The van der Waals surface area contributed by atoms with Gasteiger partial charge in [0.2, 0.25) is 11.8 Å². The van der Waals surface area contributed by atoms with Gasteiger partial charge in [-0.2, -0.15) is 0 Å². The van der Waals surface area contributed by atoms with Gasteiger partial charge in [0.25, 0.3) is 5.22 Å². The van der Waals surface area contributed by atoms with Crippen LogP contribution in [0.4, 0.5) is 0 Å². The van der Waals surface area contributed by atoms with Crippen LogP contribution < -0.4 is 5.32 Å². The van der Waals surface area contributed by atoms with Crippen LogP contribution >= 0.6 is 11.8 Å². The second kappa shape index (κ2) is 9.55. The molecule has 1 N–H and O–H groups in total. The standard InChI is InChI=1S/C22H25N3O2S/c1-4-17(18-10-6-5-7-11-18)14-23-20(26)16(3)28-22-25-24-21(27-22)19-12-8-9-15(2)13-19/h5-13,16-17H,4,14H2,1-3H3,(H,23,26)/t16-,17-/m0/s1. The molecule has 3 aromatic rings. The number of hydrogen-bond donors (Lipinski definition) is 1. The molecular weight excluding hydrogens is 370 g/mol. The van der Waals surface area contributed by atoms with E-state index in [9.17, 15) is 4.79 Å². The summed E-state index contributed by atoms with van der Waals surface area (Å²) in [5.74, 6) is 0.738. The lowest BCUT2D eigenvalue weighted by atomic mass is 9.96. The molecule has 28 heavy (non-hydrogen) atoms. The normalized spacial score (nSPS) is 13.1. The summed E-state index contributed by atoms with van der Waals surface area (Å²) in [7, 11) is 0. The van der Waals surface area contributed by atoms with Gasteiger partial charge >= 0.3 is 0 Å². The minimum absolute atomic E-state index is 0.0327. The van der Waals surface area contributed by atoms with Gasteiger partial charge in [-0.05, 0) is 38.0 Å². The number of carbonyl (C=O) groups excluding carboxylic acids is 1. The molecule has 0 unspecified atom stereocenters. The van der Waals surface area contributed by atoms with E-state index < -0.39 is 0 Å². The molecule has 0 spiro atoms. The van der Waals surface area contributed by atoms with Gasteiger partial charge in [-0.1, -0.05) is 66.7 Å². The average molecular weight is 396 g/mol. The van der Waals surface area contributed by atoms with E-state index in [1.54, 1.807) is 0 Å². The Bertz CT molecular complexity index is 911. The van der Waals surface area contributed by atoms with Crippen molar-refractivity contribution in [2.24, 2.45) is 0 Å². The zero-order valence-electron chi connectivity index (χ0n) is 16.4. The van der Waals surface area contributed by atoms with Crippen molar-refractivity contribution in [1.29, 1.82) is 0 Å². The fraction of sp³-hybridized carbons (Fsp3) is 0.318. The van der Waals surface area contributed by atoms with E-state index in [4.69, 9.17) is 4.42 Å². The van der Waals surface area contributed by atoms with Crippen molar-refractivity contribution in [3.63, 3.8) is 0 Å². The first-order chi connectivity index (χ1) is 13.6. The van der Waals surface area contributed by atoms with Crippen LogP contribution in [0.5, 0.6) is 0 Å².